The third-order valence-corrected chi connectivity index (χ3v) is 8.94. The number of fused-ring (bicyclic) bond motifs is 1. The summed E-state index contributed by atoms with van der Waals surface area (Å²) >= 11 is 6.60. The summed E-state index contributed by atoms with van der Waals surface area (Å²) in [4.78, 5) is 51.1. The Hall–Kier alpha value is -2.97. The van der Waals surface area contributed by atoms with E-state index in [1.54, 1.807) is 6.07 Å². The van der Waals surface area contributed by atoms with Crippen molar-refractivity contribution in [2.45, 2.75) is 70.8 Å². The number of benzene rings is 1. The zero-order chi connectivity index (χ0) is 27.6. The molecule has 5 rings (SSSR count). The number of nitrogens with one attached hydrogen (secondary N) is 3. The molecule has 0 bridgehead atoms. The van der Waals surface area contributed by atoms with Crippen molar-refractivity contribution in [1.29, 1.82) is 0 Å². The lowest BCUT2D eigenvalue weighted by Crippen LogP contribution is -2.36. The van der Waals surface area contributed by atoms with Crippen LogP contribution in [0.5, 0.6) is 0 Å². The quantitative estimate of drug-likeness (QED) is 0.277. The molecular weight excluding hydrogens is 514 g/mol. The molecule has 2 aliphatic rings. The van der Waals surface area contributed by atoms with Crippen molar-refractivity contribution in [2.24, 2.45) is 11.3 Å². The standard InChI is InChI=1S/C30H38ClN5O3/c1-3-20(37)10-5-4-6-12-24(33-29(39)22-18-30(22)13-15-36(2)16-14-30)27-34-25(26(31)35-27)21-17-19-9-7-8-11-23(19)32-28(21)38/h7-9,11,17,22,24H,3-6,10,12-16,18H2,1-2H3,(H,32,38)(H,33,39)(H,34,35)/t22?,24-/m0/s1. The van der Waals surface area contributed by atoms with Gasteiger partial charge in [-0.05, 0) is 75.2 Å². The zero-order valence-electron chi connectivity index (χ0n) is 22.8. The van der Waals surface area contributed by atoms with Crippen LogP contribution in [0.25, 0.3) is 22.2 Å². The Kier molecular flexibility index (Phi) is 8.24. The minimum Gasteiger partial charge on any atom is -0.346 e. The van der Waals surface area contributed by atoms with E-state index in [2.05, 4.69) is 27.2 Å². The van der Waals surface area contributed by atoms with Gasteiger partial charge in [0.25, 0.3) is 5.56 Å². The molecule has 208 valence electrons. The molecule has 1 unspecified atom stereocenters. The molecule has 1 spiro atoms. The number of carbonyl (C=O) groups is 2. The monoisotopic (exact) mass is 551 g/mol. The highest BCUT2D eigenvalue weighted by Gasteiger charge is 2.58. The van der Waals surface area contributed by atoms with Crippen molar-refractivity contribution in [3.63, 3.8) is 0 Å². The first-order valence-corrected chi connectivity index (χ1v) is 14.6. The van der Waals surface area contributed by atoms with Gasteiger partial charge in [0.1, 0.15) is 22.5 Å². The molecule has 1 aliphatic carbocycles. The van der Waals surface area contributed by atoms with Crippen molar-refractivity contribution >= 4 is 34.2 Å². The van der Waals surface area contributed by atoms with Gasteiger partial charge in [0.2, 0.25) is 5.91 Å². The molecule has 8 nitrogen and oxygen atoms in total. The Morgan fingerprint density at radius 2 is 1.95 bits per heavy atom. The number of para-hydroxylation sites is 1. The number of aromatic amines is 2. The summed E-state index contributed by atoms with van der Waals surface area (Å²) in [6.45, 7) is 3.95. The van der Waals surface area contributed by atoms with Gasteiger partial charge < -0.3 is 20.2 Å². The maximum absolute atomic E-state index is 13.4. The number of hydrogen-bond acceptors (Lipinski definition) is 5. The Morgan fingerprint density at radius 3 is 2.72 bits per heavy atom. The van der Waals surface area contributed by atoms with Gasteiger partial charge in [-0.25, -0.2) is 4.98 Å². The van der Waals surface area contributed by atoms with E-state index in [0.29, 0.717) is 36.3 Å². The van der Waals surface area contributed by atoms with Crippen LogP contribution in [0.4, 0.5) is 0 Å². The fraction of sp³-hybridized carbons (Fsp3) is 0.533. The van der Waals surface area contributed by atoms with E-state index in [-0.39, 0.29) is 39.8 Å². The highest BCUT2D eigenvalue weighted by Crippen LogP contribution is 2.59. The van der Waals surface area contributed by atoms with E-state index in [1.807, 2.05) is 31.2 Å². The molecule has 39 heavy (non-hydrogen) atoms. The molecule has 2 atom stereocenters. The number of hydrogen-bond donors (Lipinski definition) is 3. The van der Waals surface area contributed by atoms with Gasteiger partial charge in [0.05, 0.1) is 11.6 Å². The summed E-state index contributed by atoms with van der Waals surface area (Å²) in [5.74, 6) is 0.936. The number of amides is 1. The summed E-state index contributed by atoms with van der Waals surface area (Å²) in [5.41, 5.74) is 1.38. The number of ketones is 1. The predicted molar refractivity (Wildman–Crippen MR) is 154 cm³/mol. The van der Waals surface area contributed by atoms with Crippen LogP contribution >= 0.6 is 11.6 Å². The lowest BCUT2D eigenvalue weighted by Gasteiger charge is -2.30. The molecule has 2 aromatic heterocycles. The number of H-pyrrole nitrogens is 2. The van der Waals surface area contributed by atoms with Crippen LogP contribution in [-0.4, -0.2) is 51.7 Å². The average Bonchev–Trinajstić information content (AvgIpc) is 3.51. The van der Waals surface area contributed by atoms with E-state index in [1.165, 1.54) is 0 Å². The molecule has 1 amide bonds. The fourth-order valence-corrected chi connectivity index (χ4v) is 6.19. The van der Waals surface area contributed by atoms with Crippen molar-refractivity contribution in [3.8, 4) is 11.3 Å². The van der Waals surface area contributed by atoms with Gasteiger partial charge in [-0.2, -0.15) is 0 Å². The van der Waals surface area contributed by atoms with Crippen molar-refractivity contribution < 1.29 is 9.59 Å². The van der Waals surface area contributed by atoms with E-state index in [0.717, 1.165) is 62.5 Å². The second-order valence-electron chi connectivity index (χ2n) is 11.4. The Bertz CT molecular complexity index is 1410. The van der Waals surface area contributed by atoms with Gasteiger partial charge in [0.15, 0.2) is 0 Å². The maximum atomic E-state index is 13.4. The molecule has 9 heteroatoms. The molecule has 0 radical (unpaired) electrons. The normalized spacial score (nSPS) is 19.3. The van der Waals surface area contributed by atoms with E-state index >= 15 is 0 Å². The first-order valence-electron chi connectivity index (χ1n) is 14.2. The van der Waals surface area contributed by atoms with Crippen LogP contribution in [0, 0.1) is 11.3 Å². The van der Waals surface area contributed by atoms with E-state index in [4.69, 9.17) is 16.6 Å². The van der Waals surface area contributed by atoms with Crippen molar-refractivity contribution in [2.75, 3.05) is 20.1 Å². The largest absolute Gasteiger partial charge is 0.346 e. The molecule has 1 saturated heterocycles. The maximum Gasteiger partial charge on any atom is 0.258 e. The number of halogens is 1. The van der Waals surface area contributed by atoms with Gasteiger partial charge in [-0.15, -0.1) is 0 Å². The smallest absolute Gasteiger partial charge is 0.258 e. The summed E-state index contributed by atoms with van der Waals surface area (Å²) in [7, 11) is 2.13. The number of rotatable bonds is 11. The summed E-state index contributed by atoms with van der Waals surface area (Å²) in [5, 5.41) is 4.43. The topological polar surface area (TPSA) is 111 Å². The SMILES string of the molecule is CCC(=O)CCCCC[C@H](NC(=O)C1CC12CCN(C)CC2)c1nc(-c2cc3ccccc3[nH]c2=O)c(Cl)[nH]1. The Balaban J connectivity index is 1.34. The van der Waals surface area contributed by atoms with Crippen molar-refractivity contribution in [3.05, 3.63) is 51.7 Å². The number of carbonyl (C=O) groups excluding carboxylic acids is 2. The molecular formula is C30H38ClN5O3. The lowest BCUT2D eigenvalue weighted by atomic mass is 9.91. The van der Waals surface area contributed by atoms with Gasteiger partial charge >= 0.3 is 0 Å². The minimum atomic E-state index is -0.353. The number of unbranched alkanes of at least 4 members (excludes halogenated alkanes) is 2. The molecule has 1 saturated carbocycles. The Morgan fingerprint density at radius 1 is 1.18 bits per heavy atom. The van der Waals surface area contributed by atoms with Crippen LogP contribution in [-0.2, 0) is 9.59 Å². The van der Waals surface area contributed by atoms with E-state index in [9.17, 15) is 14.4 Å². The molecule has 1 aromatic carbocycles. The number of nitrogens with zero attached hydrogens (tertiary/aromatic N) is 2. The number of likely N-dealkylation sites (tertiary alicyclic amines) is 1. The highest BCUT2D eigenvalue weighted by molar-refractivity contribution is 6.32. The average molecular weight is 552 g/mol. The molecule has 3 N–H and O–H groups in total. The number of aromatic nitrogens is 3. The van der Waals surface area contributed by atoms with Gasteiger partial charge in [-0.3, -0.25) is 14.4 Å². The molecule has 2 fully saturated rings. The number of imidazole rings is 1. The van der Waals surface area contributed by atoms with Gasteiger partial charge in [0, 0.05) is 24.3 Å². The number of pyridine rings is 1. The lowest BCUT2D eigenvalue weighted by molar-refractivity contribution is -0.124. The third-order valence-electron chi connectivity index (χ3n) is 8.66. The first kappa shape index (κ1) is 27.6. The Labute approximate surface area is 233 Å². The summed E-state index contributed by atoms with van der Waals surface area (Å²) in [6.07, 6.45) is 7.45. The molecule has 3 heterocycles. The first-order chi connectivity index (χ1) is 18.8. The predicted octanol–water partition coefficient (Wildman–Crippen LogP) is 5.39. The summed E-state index contributed by atoms with van der Waals surface area (Å²) < 4.78 is 0. The number of piperidine rings is 1. The molecule has 1 aliphatic heterocycles. The minimum absolute atomic E-state index is 0.0316. The second-order valence-corrected chi connectivity index (χ2v) is 11.7. The summed E-state index contributed by atoms with van der Waals surface area (Å²) in [6, 6.07) is 9.01. The van der Waals surface area contributed by atoms with E-state index < -0.39 is 0 Å². The van der Waals surface area contributed by atoms with Crippen LogP contribution in [0.15, 0.2) is 35.1 Å². The van der Waals surface area contributed by atoms with Crippen LogP contribution in [0.2, 0.25) is 5.15 Å². The van der Waals surface area contributed by atoms with Crippen molar-refractivity contribution in [1.82, 2.24) is 25.2 Å². The third kappa shape index (κ3) is 6.12. The number of Topliss-reactive ketones (excluding diaryl/α,β-unsaturated/α-hetero) is 1. The fourth-order valence-electron chi connectivity index (χ4n) is 5.94. The van der Waals surface area contributed by atoms with Crippen LogP contribution < -0.4 is 10.9 Å². The molecule has 3 aromatic rings. The zero-order valence-corrected chi connectivity index (χ0v) is 23.6. The van der Waals surface area contributed by atoms with Crippen LogP contribution in [0.1, 0.15) is 76.6 Å². The highest BCUT2D eigenvalue weighted by atomic mass is 35.5. The second kappa shape index (κ2) is 11.6. The van der Waals surface area contributed by atoms with Gasteiger partial charge in [-0.1, -0.05) is 49.6 Å². The van der Waals surface area contributed by atoms with Crippen LogP contribution in [0.3, 0.4) is 0 Å².